The second kappa shape index (κ2) is 8.44. The number of fused-ring (bicyclic) bond motifs is 7. The molecule has 0 aliphatic heterocycles. The summed E-state index contributed by atoms with van der Waals surface area (Å²) in [6, 6.07) is 48.9. The Kier molecular flexibility index (Phi) is 4.58. The summed E-state index contributed by atoms with van der Waals surface area (Å²) in [5, 5.41) is 4.63. The molecule has 0 unspecified atom stereocenters. The molecule has 0 radical (unpaired) electrons. The Balaban J connectivity index is 1.37. The zero-order valence-electron chi connectivity index (χ0n) is 22.0. The number of nitrogens with zero attached hydrogens (tertiary/aromatic N) is 3. The van der Waals surface area contributed by atoms with Crippen molar-refractivity contribution in [1.29, 1.82) is 0 Å². The summed E-state index contributed by atoms with van der Waals surface area (Å²) < 4.78 is 10.9. The van der Waals surface area contributed by atoms with Crippen LogP contribution in [0, 0.1) is 0 Å². The molecule has 0 atom stereocenters. The molecule has 9 rings (SSSR count). The normalized spacial score (nSPS) is 11.9. The average molecular weight is 526 g/mol. The summed E-state index contributed by atoms with van der Waals surface area (Å²) >= 11 is 0. The van der Waals surface area contributed by atoms with Crippen LogP contribution in [0.15, 0.2) is 144 Å². The highest BCUT2D eigenvalue weighted by Gasteiger charge is 2.19. The number of imidazole rings is 1. The van der Waals surface area contributed by atoms with E-state index in [2.05, 4.69) is 130 Å². The molecule has 0 N–H and O–H groups in total. The fourth-order valence-corrected chi connectivity index (χ4v) is 6.29. The third kappa shape index (κ3) is 3.25. The molecule has 41 heavy (non-hydrogen) atoms. The standard InChI is InChI=1S/C37H23N3O/c1-3-11-24(12-4-1)37-38-31-23-36-30(28-16-8-10-18-35(28)41-36)22-34(31)40(37)26-19-20-33-29(21-26)27-15-7-9-17-32(27)39(33)25-13-5-2-6-14-25/h1-23H. The van der Waals surface area contributed by atoms with E-state index in [-0.39, 0.29) is 0 Å². The molecule has 0 aliphatic carbocycles. The predicted octanol–water partition coefficient (Wildman–Crippen LogP) is 9.69. The van der Waals surface area contributed by atoms with Gasteiger partial charge in [0.15, 0.2) is 0 Å². The van der Waals surface area contributed by atoms with E-state index in [0.717, 1.165) is 55.7 Å². The van der Waals surface area contributed by atoms with Crippen molar-refractivity contribution in [2.45, 2.75) is 0 Å². The first kappa shape index (κ1) is 22.2. The van der Waals surface area contributed by atoms with E-state index in [1.54, 1.807) is 0 Å². The van der Waals surface area contributed by atoms with E-state index in [9.17, 15) is 0 Å². The minimum Gasteiger partial charge on any atom is -0.456 e. The Morgan fingerprint density at radius 1 is 0.439 bits per heavy atom. The summed E-state index contributed by atoms with van der Waals surface area (Å²) in [7, 11) is 0. The van der Waals surface area contributed by atoms with Crippen LogP contribution in [0.25, 0.3) is 77.5 Å². The summed E-state index contributed by atoms with van der Waals surface area (Å²) in [4.78, 5) is 5.17. The SMILES string of the molecule is c1ccc(-c2nc3cc4oc5ccccc5c4cc3n2-c2ccc3c(c2)c2ccccc2n3-c2ccccc2)cc1. The summed E-state index contributed by atoms with van der Waals surface area (Å²) in [5.41, 5.74) is 9.35. The maximum atomic E-state index is 6.22. The molecule has 4 nitrogen and oxygen atoms in total. The van der Waals surface area contributed by atoms with Crippen molar-refractivity contribution >= 4 is 54.8 Å². The minimum absolute atomic E-state index is 0.851. The molecule has 192 valence electrons. The van der Waals surface area contributed by atoms with Gasteiger partial charge in [0.2, 0.25) is 0 Å². The first-order valence-electron chi connectivity index (χ1n) is 13.8. The monoisotopic (exact) mass is 525 g/mol. The highest BCUT2D eigenvalue weighted by molar-refractivity contribution is 6.11. The maximum Gasteiger partial charge on any atom is 0.145 e. The van der Waals surface area contributed by atoms with E-state index in [1.165, 1.54) is 21.8 Å². The Hall–Kier alpha value is -5.61. The van der Waals surface area contributed by atoms with Gasteiger partial charge in [-0.15, -0.1) is 0 Å². The van der Waals surface area contributed by atoms with E-state index in [0.29, 0.717) is 0 Å². The summed E-state index contributed by atoms with van der Waals surface area (Å²) in [6.07, 6.45) is 0. The van der Waals surface area contributed by atoms with Crippen molar-refractivity contribution < 1.29 is 4.42 Å². The molecular weight excluding hydrogens is 502 g/mol. The lowest BCUT2D eigenvalue weighted by Gasteiger charge is -2.11. The molecule has 9 aromatic rings. The Labute approximate surface area is 235 Å². The van der Waals surface area contributed by atoms with Crippen LogP contribution in [-0.4, -0.2) is 14.1 Å². The zero-order valence-corrected chi connectivity index (χ0v) is 22.0. The number of para-hydroxylation sites is 3. The van der Waals surface area contributed by atoms with Gasteiger partial charge in [-0.05, 0) is 48.5 Å². The predicted molar refractivity (Wildman–Crippen MR) is 168 cm³/mol. The van der Waals surface area contributed by atoms with E-state index in [1.807, 2.05) is 18.2 Å². The first-order chi connectivity index (χ1) is 20.3. The van der Waals surface area contributed by atoms with Gasteiger partial charge in [-0.2, -0.15) is 0 Å². The topological polar surface area (TPSA) is 35.9 Å². The minimum atomic E-state index is 0.851. The molecule has 0 aliphatic rings. The van der Waals surface area contributed by atoms with Crippen molar-refractivity contribution in [2.24, 2.45) is 0 Å². The lowest BCUT2D eigenvalue weighted by Crippen LogP contribution is -1.98. The van der Waals surface area contributed by atoms with Crippen LogP contribution in [0.3, 0.4) is 0 Å². The van der Waals surface area contributed by atoms with E-state index in [4.69, 9.17) is 9.40 Å². The molecule has 0 saturated heterocycles. The average Bonchev–Trinajstić information content (AvgIpc) is 3.69. The molecule has 3 aromatic heterocycles. The molecule has 3 heterocycles. The molecule has 4 heteroatoms. The Morgan fingerprint density at radius 2 is 1.15 bits per heavy atom. The van der Waals surface area contributed by atoms with Crippen molar-refractivity contribution in [2.75, 3.05) is 0 Å². The molecule has 0 amide bonds. The van der Waals surface area contributed by atoms with Gasteiger partial charge in [0, 0.05) is 44.5 Å². The van der Waals surface area contributed by atoms with Crippen molar-refractivity contribution in [1.82, 2.24) is 14.1 Å². The molecule has 0 spiro atoms. The number of furan rings is 1. The third-order valence-electron chi connectivity index (χ3n) is 8.11. The molecule has 0 fully saturated rings. The van der Waals surface area contributed by atoms with Gasteiger partial charge in [0.05, 0.1) is 22.1 Å². The van der Waals surface area contributed by atoms with Crippen LogP contribution >= 0.6 is 0 Å². The van der Waals surface area contributed by atoms with Crippen LogP contribution in [0.4, 0.5) is 0 Å². The first-order valence-corrected chi connectivity index (χ1v) is 13.8. The van der Waals surface area contributed by atoms with E-state index < -0.39 is 0 Å². The Bertz CT molecular complexity index is 2410. The fourth-order valence-electron chi connectivity index (χ4n) is 6.29. The number of benzene rings is 6. The van der Waals surface area contributed by atoms with Crippen molar-refractivity contribution in [3.05, 3.63) is 140 Å². The quantitative estimate of drug-likeness (QED) is 0.230. The number of hydrogen-bond donors (Lipinski definition) is 0. The molecule has 6 aromatic carbocycles. The Morgan fingerprint density at radius 3 is 2.00 bits per heavy atom. The highest BCUT2D eigenvalue weighted by Crippen LogP contribution is 2.38. The highest BCUT2D eigenvalue weighted by atomic mass is 16.3. The van der Waals surface area contributed by atoms with Crippen LogP contribution < -0.4 is 0 Å². The smallest absolute Gasteiger partial charge is 0.145 e. The van der Waals surface area contributed by atoms with Gasteiger partial charge in [0.1, 0.15) is 17.0 Å². The van der Waals surface area contributed by atoms with Crippen LogP contribution in [0.5, 0.6) is 0 Å². The van der Waals surface area contributed by atoms with Crippen molar-refractivity contribution in [3.8, 4) is 22.8 Å². The molecule has 0 bridgehead atoms. The van der Waals surface area contributed by atoms with Crippen LogP contribution in [-0.2, 0) is 0 Å². The second-order valence-corrected chi connectivity index (χ2v) is 10.5. The molecular formula is C37H23N3O. The maximum absolute atomic E-state index is 6.22. The van der Waals surface area contributed by atoms with Gasteiger partial charge in [0.25, 0.3) is 0 Å². The lowest BCUT2D eigenvalue weighted by atomic mass is 10.1. The summed E-state index contributed by atoms with van der Waals surface area (Å²) in [5.74, 6) is 0.906. The van der Waals surface area contributed by atoms with Crippen LogP contribution in [0.2, 0.25) is 0 Å². The third-order valence-corrected chi connectivity index (χ3v) is 8.11. The van der Waals surface area contributed by atoms with Gasteiger partial charge in [-0.1, -0.05) is 84.9 Å². The van der Waals surface area contributed by atoms with Gasteiger partial charge >= 0.3 is 0 Å². The van der Waals surface area contributed by atoms with Gasteiger partial charge in [-0.25, -0.2) is 4.98 Å². The van der Waals surface area contributed by atoms with Gasteiger partial charge < -0.3 is 8.98 Å². The van der Waals surface area contributed by atoms with E-state index >= 15 is 0 Å². The van der Waals surface area contributed by atoms with Crippen LogP contribution in [0.1, 0.15) is 0 Å². The summed E-state index contributed by atoms with van der Waals surface area (Å²) in [6.45, 7) is 0. The molecule has 0 saturated carbocycles. The number of aromatic nitrogens is 3. The van der Waals surface area contributed by atoms with Crippen molar-refractivity contribution in [3.63, 3.8) is 0 Å². The largest absolute Gasteiger partial charge is 0.456 e. The second-order valence-electron chi connectivity index (χ2n) is 10.5. The number of hydrogen-bond acceptors (Lipinski definition) is 2. The fraction of sp³-hybridized carbons (Fsp3) is 0. The zero-order chi connectivity index (χ0) is 26.9. The van der Waals surface area contributed by atoms with Gasteiger partial charge in [-0.3, -0.25) is 4.57 Å². The lowest BCUT2D eigenvalue weighted by molar-refractivity contribution is 0.669. The number of rotatable bonds is 3.